The van der Waals surface area contributed by atoms with E-state index in [2.05, 4.69) is 15.3 Å². The van der Waals surface area contributed by atoms with Gasteiger partial charge in [-0.15, -0.1) is 0 Å². The summed E-state index contributed by atoms with van der Waals surface area (Å²) in [7, 11) is 0. The first-order chi connectivity index (χ1) is 18.2. The molecule has 0 radical (unpaired) electrons. The van der Waals surface area contributed by atoms with Gasteiger partial charge in [0.1, 0.15) is 5.82 Å². The zero-order valence-electron chi connectivity index (χ0n) is 19.8. The van der Waals surface area contributed by atoms with Gasteiger partial charge in [0.15, 0.2) is 0 Å². The first-order valence-electron chi connectivity index (χ1n) is 11.8. The number of rotatable bonds is 5. The van der Waals surface area contributed by atoms with Crippen molar-refractivity contribution in [2.45, 2.75) is 31.6 Å². The van der Waals surface area contributed by atoms with E-state index in [1.165, 1.54) is 41.2 Å². The maximum atomic E-state index is 13.6. The third kappa shape index (κ3) is 4.35. The van der Waals surface area contributed by atoms with Crippen LogP contribution in [-0.2, 0) is 35.3 Å². The van der Waals surface area contributed by atoms with Gasteiger partial charge in [0.25, 0.3) is 5.56 Å². The summed E-state index contributed by atoms with van der Waals surface area (Å²) in [5.74, 6) is -1.22. The molecule has 0 bridgehead atoms. The smallest absolute Gasteiger partial charge is 0.350 e. The van der Waals surface area contributed by atoms with E-state index in [0.717, 1.165) is 12.1 Å². The van der Waals surface area contributed by atoms with Crippen molar-refractivity contribution in [1.82, 2.24) is 19.3 Å². The highest BCUT2D eigenvalue weighted by molar-refractivity contribution is 5.79. The highest BCUT2D eigenvalue weighted by atomic mass is 19.4. The standard InChI is InChI=1S/C26H21F4N5O3/c27-19-6-4-17(5-7-19)21-22(34-14-25(37-10-11-38-25)15-35(34)23(21)36)20-8-9-31-24(33-20)32-13-16-2-1-3-18(12-16)26(28,29)30/h1-9,12H,10-11,13-15H2,(H,31,32,33). The van der Waals surface area contributed by atoms with Gasteiger partial charge in [-0.05, 0) is 41.5 Å². The van der Waals surface area contributed by atoms with Crippen molar-refractivity contribution >= 4 is 5.95 Å². The van der Waals surface area contributed by atoms with Gasteiger partial charge in [-0.25, -0.2) is 19.0 Å². The number of ether oxygens (including phenoxy) is 2. The molecule has 8 nitrogen and oxygen atoms in total. The maximum absolute atomic E-state index is 13.6. The topological polar surface area (TPSA) is 83.2 Å². The van der Waals surface area contributed by atoms with E-state index < -0.39 is 23.3 Å². The van der Waals surface area contributed by atoms with Gasteiger partial charge in [0.2, 0.25) is 11.7 Å². The summed E-state index contributed by atoms with van der Waals surface area (Å²) in [5, 5.41) is 2.96. The molecule has 0 atom stereocenters. The molecule has 0 saturated carbocycles. The molecule has 196 valence electrons. The minimum absolute atomic E-state index is 0.0524. The van der Waals surface area contributed by atoms with Gasteiger partial charge in [0.05, 0.1) is 48.8 Å². The van der Waals surface area contributed by atoms with Gasteiger partial charge < -0.3 is 14.8 Å². The summed E-state index contributed by atoms with van der Waals surface area (Å²) in [5.41, 5.74) is 1.07. The monoisotopic (exact) mass is 527 g/mol. The zero-order chi connectivity index (χ0) is 26.5. The van der Waals surface area contributed by atoms with Crippen LogP contribution in [0.25, 0.3) is 22.5 Å². The van der Waals surface area contributed by atoms with Gasteiger partial charge in [-0.3, -0.25) is 9.48 Å². The largest absolute Gasteiger partial charge is 0.416 e. The molecule has 1 spiro atoms. The number of alkyl halides is 3. The normalized spacial score (nSPS) is 16.2. The number of hydrogen-bond acceptors (Lipinski definition) is 6. The van der Waals surface area contributed by atoms with E-state index >= 15 is 0 Å². The number of fused-ring (bicyclic) bond motifs is 1. The highest BCUT2D eigenvalue weighted by Gasteiger charge is 2.46. The van der Waals surface area contributed by atoms with Crippen molar-refractivity contribution < 1.29 is 27.0 Å². The number of aromatic nitrogens is 4. The first-order valence-corrected chi connectivity index (χ1v) is 11.8. The summed E-state index contributed by atoms with van der Waals surface area (Å²) in [6.45, 7) is 1.31. The molecule has 4 aromatic rings. The van der Waals surface area contributed by atoms with Crippen LogP contribution in [0.2, 0.25) is 0 Å². The first kappa shape index (κ1) is 24.3. The van der Waals surface area contributed by atoms with Crippen LogP contribution < -0.4 is 10.9 Å². The fraction of sp³-hybridized carbons (Fsp3) is 0.269. The Hall–Kier alpha value is -4.03. The van der Waals surface area contributed by atoms with Crippen molar-refractivity contribution in [3.8, 4) is 22.5 Å². The molecule has 38 heavy (non-hydrogen) atoms. The molecule has 1 fully saturated rings. The van der Waals surface area contributed by atoms with Crippen molar-refractivity contribution in [3.05, 3.63) is 88.1 Å². The summed E-state index contributed by atoms with van der Waals surface area (Å²) < 4.78 is 67.8. The fourth-order valence-corrected chi connectivity index (χ4v) is 4.85. The summed E-state index contributed by atoms with van der Waals surface area (Å²) in [6, 6.07) is 12.2. The van der Waals surface area contributed by atoms with Crippen LogP contribution >= 0.6 is 0 Å². The van der Waals surface area contributed by atoms with Gasteiger partial charge in [-0.2, -0.15) is 13.2 Å². The van der Waals surface area contributed by atoms with E-state index in [4.69, 9.17) is 9.47 Å². The Kier molecular flexibility index (Phi) is 5.80. The third-order valence-corrected chi connectivity index (χ3v) is 6.57. The second-order valence-corrected chi connectivity index (χ2v) is 9.08. The SMILES string of the molecule is O=c1c(-c2ccc(F)cc2)c(-c2ccnc(NCc3cccc(C(F)(F)F)c3)n2)n2n1CC1(C2)OCCO1. The van der Waals surface area contributed by atoms with E-state index in [1.807, 2.05) is 0 Å². The molecule has 0 amide bonds. The number of benzene rings is 2. The van der Waals surface area contributed by atoms with Crippen molar-refractivity contribution in [2.24, 2.45) is 0 Å². The molecule has 4 heterocycles. The predicted molar refractivity (Wildman–Crippen MR) is 129 cm³/mol. The third-order valence-electron chi connectivity index (χ3n) is 6.57. The van der Waals surface area contributed by atoms with Crippen LogP contribution in [0.1, 0.15) is 11.1 Å². The summed E-state index contributed by atoms with van der Waals surface area (Å²) in [6.07, 6.45) is -2.95. The average Bonchev–Trinajstić information content (AvgIpc) is 3.59. The second kappa shape index (κ2) is 9.07. The molecule has 2 aromatic heterocycles. The lowest BCUT2D eigenvalue weighted by atomic mass is 10.0. The molecule has 12 heteroatoms. The lowest BCUT2D eigenvalue weighted by Gasteiger charge is -2.20. The number of nitrogens with one attached hydrogen (secondary N) is 1. The quantitative estimate of drug-likeness (QED) is 0.390. The lowest BCUT2D eigenvalue weighted by molar-refractivity contribution is -0.158. The van der Waals surface area contributed by atoms with Gasteiger partial charge in [0, 0.05) is 12.7 Å². The summed E-state index contributed by atoms with van der Waals surface area (Å²) in [4.78, 5) is 22.3. The van der Waals surface area contributed by atoms with Crippen LogP contribution in [0, 0.1) is 5.82 Å². The van der Waals surface area contributed by atoms with Gasteiger partial charge in [-0.1, -0.05) is 24.3 Å². The van der Waals surface area contributed by atoms with E-state index in [-0.39, 0.29) is 31.1 Å². The zero-order valence-corrected chi connectivity index (χ0v) is 19.8. The maximum Gasteiger partial charge on any atom is 0.416 e. The molecule has 0 unspecified atom stereocenters. The van der Waals surface area contributed by atoms with Gasteiger partial charge >= 0.3 is 6.18 Å². The van der Waals surface area contributed by atoms with Crippen molar-refractivity contribution in [3.63, 3.8) is 0 Å². The van der Waals surface area contributed by atoms with Crippen molar-refractivity contribution in [1.29, 1.82) is 0 Å². The molecule has 6 rings (SSSR count). The molecule has 1 N–H and O–H groups in total. The number of anilines is 1. The van der Waals surface area contributed by atoms with Crippen LogP contribution in [0.15, 0.2) is 65.6 Å². The Bertz CT molecular complexity index is 1560. The van der Waals surface area contributed by atoms with Crippen LogP contribution in [0.5, 0.6) is 0 Å². The Morgan fingerprint density at radius 1 is 1.00 bits per heavy atom. The Morgan fingerprint density at radius 3 is 2.47 bits per heavy atom. The predicted octanol–water partition coefficient (Wildman–Crippen LogP) is 4.30. The molecule has 0 aliphatic carbocycles. The molecular weight excluding hydrogens is 506 g/mol. The second-order valence-electron chi connectivity index (χ2n) is 9.08. The van der Waals surface area contributed by atoms with E-state index in [9.17, 15) is 22.4 Å². The van der Waals surface area contributed by atoms with Crippen LogP contribution in [-0.4, -0.2) is 38.3 Å². The molecule has 2 aliphatic heterocycles. The minimum atomic E-state index is -4.45. The average molecular weight is 527 g/mol. The van der Waals surface area contributed by atoms with Crippen LogP contribution in [0.3, 0.4) is 0 Å². The molecule has 2 aliphatic rings. The highest BCUT2D eigenvalue weighted by Crippen LogP contribution is 2.37. The molecular formula is C26H21F4N5O3. The minimum Gasteiger partial charge on any atom is -0.350 e. The van der Waals surface area contributed by atoms with Crippen LogP contribution in [0.4, 0.5) is 23.5 Å². The van der Waals surface area contributed by atoms with E-state index in [1.54, 1.807) is 16.8 Å². The fourth-order valence-electron chi connectivity index (χ4n) is 4.85. The Labute approximate surface area is 213 Å². The molecule has 1 saturated heterocycles. The number of nitrogens with zero attached hydrogens (tertiary/aromatic N) is 4. The van der Waals surface area contributed by atoms with E-state index in [0.29, 0.717) is 41.3 Å². The number of hydrogen-bond donors (Lipinski definition) is 1. The molecule has 2 aromatic carbocycles. The Balaban J connectivity index is 1.37. The lowest BCUT2D eigenvalue weighted by Crippen LogP contribution is -2.34. The Morgan fingerprint density at radius 2 is 1.74 bits per heavy atom. The summed E-state index contributed by atoms with van der Waals surface area (Å²) >= 11 is 0. The van der Waals surface area contributed by atoms with Crippen molar-refractivity contribution in [2.75, 3.05) is 18.5 Å². The number of halogens is 4.